The van der Waals surface area contributed by atoms with E-state index in [2.05, 4.69) is 20.4 Å². The highest BCUT2D eigenvalue weighted by molar-refractivity contribution is 5.92. The molecular formula is C16H15N5O3. The zero-order valence-corrected chi connectivity index (χ0v) is 12.9. The molecule has 2 aromatic heterocycles. The SMILES string of the molecule is Cc1[nH]c(=O)[nH]c(=O)c1CC(=O)Nc1ccc(-n2cccn2)cc1. The number of aryl methyl sites for hydroxylation is 1. The second-order valence-electron chi connectivity index (χ2n) is 5.23. The van der Waals surface area contributed by atoms with Crippen molar-refractivity contribution in [1.82, 2.24) is 19.7 Å². The highest BCUT2D eigenvalue weighted by Gasteiger charge is 2.11. The van der Waals surface area contributed by atoms with Crippen LogP contribution in [0.4, 0.5) is 5.69 Å². The number of amides is 1. The van der Waals surface area contributed by atoms with Crippen LogP contribution in [0.2, 0.25) is 0 Å². The Labute approximate surface area is 136 Å². The van der Waals surface area contributed by atoms with Crippen molar-refractivity contribution >= 4 is 11.6 Å². The third-order valence-corrected chi connectivity index (χ3v) is 3.51. The van der Waals surface area contributed by atoms with Gasteiger partial charge in [-0.3, -0.25) is 14.6 Å². The Hall–Kier alpha value is -3.42. The zero-order valence-electron chi connectivity index (χ0n) is 12.9. The Bertz CT molecular complexity index is 968. The van der Waals surface area contributed by atoms with E-state index < -0.39 is 11.2 Å². The Kier molecular flexibility index (Phi) is 4.11. The van der Waals surface area contributed by atoms with E-state index in [9.17, 15) is 14.4 Å². The van der Waals surface area contributed by atoms with Gasteiger partial charge in [0.15, 0.2) is 0 Å². The maximum atomic E-state index is 12.1. The number of hydrogen-bond acceptors (Lipinski definition) is 4. The van der Waals surface area contributed by atoms with Crippen molar-refractivity contribution in [3.05, 3.63) is 74.8 Å². The highest BCUT2D eigenvalue weighted by atomic mass is 16.2. The lowest BCUT2D eigenvalue weighted by Crippen LogP contribution is -2.29. The molecule has 0 spiro atoms. The smallest absolute Gasteiger partial charge is 0.325 e. The molecule has 0 saturated heterocycles. The molecule has 24 heavy (non-hydrogen) atoms. The summed E-state index contributed by atoms with van der Waals surface area (Å²) < 4.78 is 1.70. The molecule has 0 aliphatic heterocycles. The van der Waals surface area contributed by atoms with E-state index in [-0.39, 0.29) is 17.9 Å². The number of benzene rings is 1. The van der Waals surface area contributed by atoms with E-state index in [1.807, 2.05) is 24.4 Å². The molecule has 0 aliphatic rings. The van der Waals surface area contributed by atoms with Crippen LogP contribution < -0.4 is 16.6 Å². The van der Waals surface area contributed by atoms with Gasteiger partial charge in [-0.05, 0) is 37.3 Å². The number of nitrogens with zero attached hydrogens (tertiary/aromatic N) is 2. The molecule has 3 rings (SSSR count). The number of H-pyrrole nitrogens is 2. The molecule has 0 unspecified atom stereocenters. The summed E-state index contributed by atoms with van der Waals surface area (Å²) in [6.07, 6.45) is 3.37. The molecule has 8 nitrogen and oxygen atoms in total. The fourth-order valence-electron chi connectivity index (χ4n) is 2.32. The monoisotopic (exact) mass is 325 g/mol. The number of rotatable bonds is 4. The van der Waals surface area contributed by atoms with Crippen LogP contribution in [0.3, 0.4) is 0 Å². The van der Waals surface area contributed by atoms with Crippen molar-refractivity contribution < 1.29 is 4.79 Å². The molecular weight excluding hydrogens is 310 g/mol. The molecule has 3 aromatic rings. The van der Waals surface area contributed by atoms with Gasteiger partial charge in [0.05, 0.1) is 12.1 Å². The molecule has 0 fully saturated rings. The Morgan fingerprint density at radius 3 is 2.58 bits per heavy atom. The number of anilines is 1. The van der Waals surface area contributed by atoms with Gasteiger partial charge in [-0.15, -0.1) is 0 Å². The van der Waals surface area contributed by atoms with Gasteiger partial charge in [-0.2, -0.15) is 5.10 Å². The Balaban J connectivity index is 1.71. The lowest BCUT2D eigenvalue weighted by atomic mass is 10.1. The van der Waals surface area contributed by atoms with Crippen molar-refractivity contribution in [3.8, 4) is 5.69 Å². The molecule has 0 atom stereocenters. The van der Waals surface area contributed by atoms with Crippen LogP contribution in [0, 0.1) is 6.92 Å². The quantitative estimate of drug-likeness (QED) is 0.656. The summed E-state index contributed by atoms with van der Waals surface area (Å²) in [5, 5.41) is 6.84. The van der Waals surface area contributed by atoms with E-state index in [0.29, 0.717) is 11.4 Å². The van der Waals surface area contributed by atoms with Gasteiger partial charge < -0.3 is 10.3 Å². The molecule has 8 heteroatoms. The molecule has 0 aliphatic carbocycles. The minimum absolute atomic E-state index is 0.126. The first-order chi connectivity index (χ1) is 11.5. The summed E-state index contributed by atoms with van der Waals surface area (Å²) in [6.45, 7) is 1.58. The van der Waals surface area contributed by atoms with Gasteiger partial charge >= 0.3 is 5.69 Å². The average Bonchev–Trinajstić information content (AvgIpc) is 3.06. The third-order valence-electron chi connectivity index (χ3n) is 3.51. The van der Waals surface area contributed by atoms with E-state index in [0.717, 1.165) is 5.69 Å². The fourth-order valence-corrected chi connectivity index (χ4v) is 2.32. The van der Waals surface area contributed by atoms with Crippen LogP contribution in [-0.4, -0.2) is 25.7 Å². The maximum Gasteiger partial charge on any atom is 0.325 e. The van der Waals surface area contributed by atoms with E-state index in [1.54, 1.807) is 29.9 Å². The summed E-state index contributed by atoms with van der Waals surface area (Å²) in [7, 11) is 0. The van der Waals surface area contributed by atoms with Crippen molar-refractivity contribution in [1.29, 1.82) is 0 Å². The van der Waals surface area contributed by atoms with Gasteiger partial charge in [-0.1, -0.05) is 0 Å². The molecule has 2 heterocycles. The van der Waals surface area contributed by atoms with Crippen molar-refractivity contribution in [2.75, 3.05) is 5.32 Å². The molecule has 1 aromatic carbocycles. The molecule has 1 amide bonds. The lowest BCUT2D eigenvalue weighted by Gasteiger charge is -2.07. The van der Waals surface area contributed by atoms with E-state index in [1.165, 1.54) is 0 Å². The largest absolute Gasteiger partial charge is 0.326 e. The third kappa shape index (κ3) is 3.32. The first-order valence-corrected chi connectivity index (χ1v) is 7.25. The van der Waals surface area contributed by atoms with Crippen LogP contribution in [0.25, 0.3) is 5.69 Å². The van der Waals surface area contributed by atoms with Crippen LogP contribution in [0.5, 0.6) is 0 Å². The molecule has 3 N–H and O–H groups in total. The van der Waals surface area contributed by atoms with Crippen molar-refractivity contribution in [3.63, 3.8) is 0 Å². The minimum atomic E-state index is -0.587. The van der Waals surface area contributed by atoms with Gasteiger partial charge in [0.25, 0.3) is 5.56 Å². The normalized spacial score (nSPS) is 10.5. The molecule has 122 valence electrons. The lowest BCUT2D eigenvalue weighted by molar-refractivity contribution is -0.115. The predicted molar refractivity (Wildman–Crippen MR) is 88.3 cm³/mol. The average molecular weight is 325 g/mol. The topological polar surface area (TPSA) is 113 Å². The second kappa shape index (κ2) is 6.37. The molecule has 0 radical (unpaired) electrons. The molecule has 0 saturated carbocycles. The summed E-state index contributed by atoms with van der Waals surface area (Å²) >= 11 is 0. The number of carbonyl (C=O) groups is 1. The van der Waals surface area contributed by atoms with Crippen LogP contribution in [0.1, 0.15) is 11.3 Å². The van der Waals surface area contributed by atoms with Crippen molar-refractivity contribution in [2.45, 2.75) is 13.3 Å². The number of carbonyl (C=O) groups excluding carboxylic acids is 1. The maximum absolute atomic E-state index is 12.1. The standard InChI is InChI=1S/C16H15N5O3/c1-10-13(15(23)20-16(24)18-10)9-14(22)19-11-3-5-12(6-4-11)21-8-2-7-17-21/h2-8H,9H2,1H3,(H,19,22)(H2,18,20,23,24). The second-order valence-corrected chi connectivity index (χ2v) is 5.23. The first kappa shape index (κ1) is 15.5. The summed E-state index contributed by atoms with van der Waals surface area (Å²) in [5.74, 6) is -0.345. The van der Waals surface area contributed by atoms with Gasteiger partial charge in [-0.25, -0.2) is 9.48 Å². The van der Waals surface area contributed by atoms with Gasteiger partial charge in [0.1, 0.15) is 0 Å². The minimum Gasteiger partial charge on any atom is -0.326 e. The number of hydrogen-bond donors (Lipinski definition) is 3. The number of aromatic nitrogens is 4. The summed E-state index contributed by atoms with van der Waals surface area (Å²) in [4.78, 5) is 39.6. The first-order valence-electron chi connectivity index (χ1n) is 7.25. The van der Waals surface area contributed by atoms with Crippen LogP contribution in [-0.2, 0) is 11.2 Å². The summed E-state index contributed by atoms with van der Waals surface area (Å²) in [5.41, 5.74) is 0.949. The fraction of sp³-hybridized carbons (Fsp3) is 0.125. The van der Waals surface area contributed by atoms with E-state index in [4.69, 9.17) is 0 Å². The van der Waals surface area contributed by atoms with Gasteiger partial charge in [0.2, 0.25) is 5.91 Å². The Morgan fingerprint density at radius 2 is 1.96 bits per heavy atom. The summed E-state index contributed by atoms with van der Waals surface area (Å²) in [6, 6.07) is 8.96. The van der Waals surface area contributed by atoms with Crippen LogP contribution in [0.15, 0.2) is 52.3 Å². The highest BCUT2D eigenvalue weighted by Crippen LogP contribution is 2.13. The van der Waals surface area contributed by atoms with E-state index >= 15 is 0 Å². The number of nitrogens with one attached hydrogen (secondary N) is 3. The van der Waals surface area contributed by atoms with Gasteiger partial charge in [0, 0.05) is 29.3 Å². The van der Waals surface area contributed by atoms with Crippen LogP contribution >= 0.6 is 0 Å². The zero-order chi connectivity index (χ0) is 17.1. The predicted octanol–water partition coefficient (Wildman–Crippen LogP) is 0.739. The Morgan fingerprint density at radius 1 is 1.21 bits per heavy atom. The molecule has 0 bridgehead atoms. The van der Waals surface area contributed by atoms with Crippen molar-refractivity contribution in [2.24, 2.45) is 0 Å². The number of aromatic amines is 2.